The van der Waals surface area contributed by atoms with E-state index in [0.29, 0.717) is 0 Å². The molecule has 1 saturated carbocycles. The Kier molecular flexibility index (Phi) is 2.88. The van der Waals surface area contributed by atoms with E-state index >= 15 is 0 Å². The number of nitrogens with zero attached hydrogens (tertiary/aromatic N) is 3. The molecule has 3 rings (SSSR count). The molecule has 0 amide bonds. The van der Waals surface area contributed by atoms with Crippen LogP contribution in [-0.2, 0) is 18.4 Å². The van der Waals surface area contributed by atoms with E-state index < -0.39 is 0 Å². The molecule has 0 atom stereocenters. The predicted molar refractivity (Wildman–Crippen MR) is 71.5 cm³/mol. The first kappa shape index (κ1) is 12.3. The zero-order chi connectivity index (χ0) is 13.5. The summed E-state index contributed by atoms with van der Waals surface area (Å²) in [4.78, 5) is 4.64. The van der Waals surface area contributed by atoms with Crippen molar-refractivity contribution in [2.24, 2.45) is 0 Å². The maximum absolute atomic E-state index is 14.1. The van der Waals surface area contributed by atoms with Crippen LogP contribution in [0.15, 0.2) is 24.3 Å². The minimum absolute atomic E-state index is 0.135. The molecule has 0 aliphatic heterocycles. The van der Waals surface area contributed by atoms with E-state index in [1.807, 2.05) is 23.7 Å². The average molecular weight is 259 g/mol. The van der Waals surface area contributed by atoms with Crippen LogP contribution in [0.3, 0.4) is 0 Å². The fourth-order valence-corrected chi connectivity index (χ4v) is 2.70. The first-order chi connectivity index (χ1) is 9.21. The summed E-state index contributed by atoms with van der Waals surface area (Å²) >= 11 is 0. The second-order valence-corrected chi connectivity index (χ2v) is 5.08. The molecule has 0 N–H and O–H groups in total. The van der Waals surface area contributed by atoms with Gasteiger partial charge in [-0.3, -0.25) is 0 Å². The van der Waals surface area contributed by atoms with Crippen LogP contribution in [0.2, 0.25) is 0 Å². The summed E-state index contributed by atoms with van der Waals surface area (Å²) in [6, 6.07) is 7.04. The van der Waals surface area contributed by atoms with Gasteiger partial charge in [-0.25, -0.2) is 14.1 Å². The van der Waals surface area contributed by atoms with Crippen molar-refractivity contribution in [3.63, 3.8) is 0 Å². The van der Waals surface area contributed by atoms with Gasteiger partial charge in [-0.1, -0.05) is 25.1 Å². The highest BCUT2D eigenvalue weighted by Crippen LogP contribution is 2.53. The average Bonchev–Trinajstić information content (AvgIpc) is 3.12. The van der Waals surface area contributed by atoms with Crippen LogP contribution in [0.1, 0.15) is 43.9 Å². The zero-order valence-corrected chi connectivity index (χ0v) is 11.4. The Morgan fingerprint density at radius 1 is 1.26 bits per heavy atom. The Hall–Kier alpha value is -1.71. The van der Waals surface area contributed by atoms with E-state index in [9.17, 15) is 4.39 Å². The first-order valence-electron chi connectivity index (χ1n) is 6.90. The largest absolute Gasteiger partial charge is 0.249 e. The molecule has 19 heavy (non-hydrogen) atoms. The Balaban J connectivity index is 2.11. The van der Waals surface area contributed by atoms with E-state index in [2.05, 4.69) is 17.0 Å². The predicted octanol–water partition coefficient (Wildman–Crippen LogP) is 3.08. The molecule has 100 valence electrons. The molecular weight excluding hydrogens is 241 g/mol. The topological polar surface area (TPSA) is 30.7 Å². The highest BCUT2D eigenvalue weighted by molar-refractivity contribution is 5.40. The summed E-state index contributed by atoms with van der Waals surface area (Å²) in [5.41, 5.74) is 0.515. The summed E-state index contributed by atoms with van der Waals surface area (Å²) in [5, 5.41) is 4.49. The number of aryl methyl sites for hydroxylation is 2. The van der Waals surface area contributed by atoms with Gasteiger partial charge in [0.25, 0.3) is 0 Å². The molecule has 1 aromatic carbocycles. The van der Waals surface area contributed by atoms with Crippen LogP contribution in [0.4, 0.5) is 4.39 Å². The van der Waals surface area contributed by atoms with Crippen molar-refractivity contribution in [1.82, 2.24) is 14.8 Å². The molecule has 0 spiro atoms. The van der Waals surface area contributed by atoms with Gasteiger partial charge in [0.2, 0.25) is 0 Å². The van der Waals surface area contributed by atoms with Crippen LogP contribution in [0.5, 0.6) is 0 Å². The number of hydrogen-bond acceptors (Lipinski definition) is 2. The van der Waals surface area contributed by atoms with E-state index in [4.69, 9.17) is 0 Å². The van der Waals surface area contributed by atoms with Crippen molar-refractivity contribution < 1.29 is 4.39 Å². The summed E-state index contributed by atoms with van der Waals surface area (Å²) in [5.74, 6) is 1.64. The third-order valence-corrected chi connectivity index (χ3v) is 3.90. The second-order valence-electron chi connectivity index (χ2n) is 5.08. The number of aromatic nitrogens is 3. The molecule has 0 saturated heterocycles. The van der Waals surface area contributed by atoms with Gasteiger partial charge < -0.3 is 0 Å². The molecular formula is C15H18FN3. The molecule has 2 aromatic rings. The quantitative estimate of drug-likeness (QED) is 0.844. The lowest BCUT2D eigenvalue weighted by Crippen LogP contribution is -2.18. The van der Waals surface area contributed by atoms with Crippen LogP contribution in [0, 0.1) is 5.82 Å². The normalized spacial score (nSPS) is 16.6. The standard InChI is InChI=1S/C15H18FN3/c1-3-13-17-14(19(4-2)18-13)15(9-10-15)11-7-5-6-8-12(11)16/h5-8H,3-4,9-10H2,1-2H3. The Bertz CT molecular complexity index is 599. The highest BCUT2D eigenvalue weighted by atomic mass is 19.1. The van der Waals surface area contributed by atoms with Gasteiger partial charge >= 0.3 is 0 Å². The molecule has 0 bridgehead atoms. The first-order valence-corrected chi connectivity index (χ1v) is 6.90. The Labute approximate surface area is 112 Å². The van der Waals surface area contributed by atoms with Crippen molar-refractivity contribution in [2.75, 3.05) is 0 Å². The summed E-state index contributed by atoms with van der Waals surface area (Å²) in [6.07, 6.45) is 2.72. The van der Waals surface area contributed by atoms with Crippen molar-refractivity contribution in [2.45, 2.75) is 45.1 Å². The Morgan fingerprint density at radius 3 is 2.58 bits per heavy atom. The van der Waals surface area contributed by atoms with Crippen LogP contribution in [0.25, 0.3) is 0 Å². The molecule has 1 aliphatic carbocycles. The fraction of sp³-hybridized carbons (Fsp3) is 0.467. The summed E-state index contributed by atoms with van der Waals surface area (Å²) in [7, 11) is 0. The lowest BCUT2D eigenvalue weighted by Gasteiger charge is -2.16. The molecule has 1 fully saturated rings. The van der Waals surface area contributed by atoms with Gasteiger partial charge in [0.05, 0.1) is 5.41 Å². The maximum Gasteiger partial charge on any atom is 0.150 e. The highest BCUT2D eigenvalue weighted by Gasteiger charge is 2.51. The van der Waals surface area contributed by atoms with Crippen molar-refractivity contribution in [3.05, 3.63) is 47.3 Å². The monoisotopic (exact) mass is 259 g/mol. The number of halogens is 1. The number of rotatable bonds is 4. The lowest BCUT2D eigenvalue weighted by molar-refractivity contribution is 0.548. The molecule has 1 heterocycles. The van der Waals surface area contributed by atoms with Gasteiger partial charge in [0.15, 0.2) is 5.82 Å². The van der Waals surface area contributed by atoms with Gasteiger partial charge in [-0.2, -0.15) is 5.10 Å². The minimum Gasteiger partial charge on any atom is -0.249 e. The molecule has 4 heteroatoms. The SMILES string of the molecule is CCc1nc(C2(c3ccccc3F)CC2)n(CC)n1. The smallest absolute Gasteiger partial charge is 0.150 e. The van der Waals surface area contributed by atoms with Crippen molar-refractivity contribution in [3.8, 4) is 0 Å². The van der Waals surface area contributed by atoms with E-state index in [1.165, 1.54) is 6.07 Å². The van der Waals surface area contributed by atoms with Gasteiger partial charge in [0, 0.05) is 18.5 Å². The molecule has 1 aliphatic rings. The second kappa shape index (κ2) is 4.44. The zero-order valence-electron chi connectivity index (χ0n) is 11.4. The fourth-order valence-electron chi connectivity index (χ4n) is 2.70. The molecule has 0 unspecified atom stereocenters. The number of benzene rings is 1. The molecule has 1 aromatic heterocycles. The third-order valence-electron chi connectivity index (χ3n) is 3.90. The summed E-state index contributed by atoms with van der Waals surface area (Å²) in [6.45, 7) is 4.87. The van der Waals surface area contributed by atoms with Gasteiger partial charge in [-0.15, -0.1) is 0 Å². The van der Waals surface area contributed by atoms with Gasteiger partial charge in [-0.05, 0) is 25.8 Å². The third kappa shape index (κ3) is 1.86. The Morgan fingerprint density at radius 2 is 2.00 bits per heavy atom. The number of hydrogen-bond donors (Lipinski definition) is 0. The van der Waals surface area contributed by atoms with Crippen LogP contribution in [-0.4, -0.2) is 14.8 Å². The van der Waals surface area contributed by atoms with Crippen LogP contribution < -0.4 is 0 Å². The van der Waals surface area contributed by atoms with E-state index in [1.54, 1.807) is 6.07 Å². The molecule has 0 radical (unpaired) electrons. The van der Waals surface area contributed by atoms with Crippen LogP contribution >= 0.6 is 0 Å². The van der Waals surface area contributed by atoms with Gasteiger partial charge in [0.1, 0.15) is 11.6 Å². The minimum atomic E-state index is -0.248. The maximum atomic E-state index is 14.1. The summed E-state index contributed by atoms with van der Waals surface area (Å²) < 4.78 is 16.0. The van der Waals surface area contributed by atoms with E-state index in [0.717, 1.165) is 43.0 Å². The lowest BCUT2D eigenvalue weighted by atomic mass is 9.94. The van der Waals surface area contributed by atoms with Crippen molar-refractivity contribution in [1.29, 1.82) is 0 Å². The van der Waals surface area contributed by atoms with Crippen molar-refractivity contribution >= 4 is 0 Å². The van der Waals surface area contributed by atoms with E-state index in [-0.39, 0.29) is 11.2 Å². The molecule has 3 nitrogen and oxygen atoms in total.